The van der Waals surface area contributed by atoms with E-state index in [1.54, 1.807) is 17.0 Å². The third kappa shape index (κ3) is 3.93. The molecule has 0 unspecified atom stereocenters. The normalized spacial score (nSPS) is 11.6. The predicted molar refractivity (Wildman–Crippen MR) is 51.6 cm³/mol. The molecule has 0 saturated heterocycles. The number of aryl methyl sites for hydroxylation is 1. The molecule has 0 aliphatic rings. The number of hydrogen-bond acceptors (Lipinski definition) is 3. The second-order valence-corrected chi connectivity index (χ2v) is 3.30. The Balaban J connectivity index is 2.54. The number of aliphatic hydroxyl groups excluding tert-OH is 1. The van der Waals surface area contributed by atoms with E-state index in [9.17, 15) is 8.78 Å². The molecule has 1 aromatic rings. The zero-order valence-electron chi connectivity index (χ0n) is 8.61. The van der Waals surface area contributed by atoms with E-state index in [1.807, 2.05) is 7.05 Å². The molecule has 0 fully saturated rings. The summed E-state index contributed by atoms with van der Waals surface area (Å²) < 4.78 is 26.1. The summed E-state index contributed by atoms with van der Waals surface area (Å²) in [4.78, 5) is 5.52. The molecular formula is C9H15F2N3O. The highest BCUT2D eigenvalue weighted by molar-refractivity contribution is 4.90. The lowest BCUT2D eigenvalue weighted by molar-refractivity contribution is 0.0729. The number of rotatable bonds is 6. The second kappa shape index (κ2) is 5.77. The average Bonchev–Trinajstić information content (AvgIpc) is 2.51. The molecule has 1 heterocycles. The Kier molecular flexibility index (Phi) is 4.64. The standard InChI is InChI=1S/C9H15F2N3O/c1-13-3-2-12-9(13)7-14(4-5-15)6-8(10)11/h2-3,8,15H,4-7H2,1H3. The fourth-order valence-corrected chi connectivity index (χ4v) is 1.32. The molecule has 86 valence electrons. The molecule has 0 spiro atoms. The van der Waals surface area contributed by atoms with Crippen molar-refractivity contribution in [3.05, 3.63) is 18.2 Å². The van der Waals surface area contributed by atoms with Gasteiger partial charge in [0.25, 0.3) is 6.43 Å². The topological polar surface area (TPSA) is 41.3 Å². The smallest absolute Gasteiger partial charge is 0.251 e. The number of aliphatic hydroxyl groups is 1. The lowest BCUT2D eigenvalue weighted by Crippen LogP contribution is -2.32. The van der Waals surface area contributed by atoms with Gasteiger partial charge in [0.2, 0.25) is 0 Å². The summed E-state index contributed by atoms with van der Waals surface area (Å²) in [6, 6.07) is 0. The first-order valence-corrected chi connectivity index (χ1v) is 4.71. The Bertz CT molecular complexity index is 291. The van der Waals surface area contributed by atoms with Gasteiger partial charge >= 0.3 is 0 Å². The maximum Gasteiger partial charge on any atom is 0.251 e. The van der Waals surface area contributed by atoms with Gasteiger partial charge in [-0.1, -0.05) is 0 Å². The SMILES string of the molecule is Cn1ccnc1CN(CCO)CC(F)F. The number of imidazole rings is 1. The van der Waals surface area contributed by atoms with Gasteiger partial charge in [0, 0.05) is 26.0 Å². The Morgan fingerprint density at radius 2 is 2.33 bits per heavy atom. The van der Waals surface area contributed by atoms with Crippen LogP contribution in [0.25, 0.3) is 0 Å². The summed E-state index contributed by atoms with van der Waals surface area (Å²) in [5.41, 5.74) is 0. The van der Waals surface area contributed by atoms with Crippen LogP contribution in [0.4, 0.5) is 8.78 Å². The van der Waals surface area contributed by atoms with Crippen LogP contribution in [0.3, 0.4) is 0 Å². The Labute approximate surface area is 87.1 Å². The molecule has 0 aliphatic heterocycles. The van der Waals surface area contributed by atoms with E-state index in [-0.39, 0.29) is 19.7 Å². The van der Waals surface area contributed by atoms with Gasteiger partial charge in [-0.25, -0.2) is 13.8 Å². The number of hydrogen-bond donors (Lipinski definition) is 1. The van der Waals surface area contributed by atoms with E-state index in [0.29, 0.717) is 12.4 Å². The Hall–Kier alpha value is -1.01. The average molecular weight is 219 g/mol. The molecule has 6 heteroatoms. The van der Waals surface area contributed by atoms with Gasteiger partial charge < -0.3 is 9.67 Å². The van der Waals surface area contributed by atoms with Crippen LogP contribution in [0, 0.1) is 0 Å². The minimum Gasteiger partial charge on any atom is -0.395 e. The maximum atomic E-state index is 12.2. The third-order valence-corrected chi connectivity index (χ3v) is 2.10. The Morgan fingerprint density at radius 1 is 1.60 bits per heavy atom. The largest absolute Gasteiger partial charge is 0.395 e. The van der Waals surface area contributed by atoms with Gasteiger partial charge in [0.1, 0.15) is 5.82 Å². The molecule has 0 amide bonds. The van der Waals surface area contributed by atoms with Crippen molar-refractivity contribution in [2.75, 3.05) is 19.7 Å². The number of aromatic nitrogens is 2. The predicted octanol–water partition coefficient (Wildman–Crippen LogP) is 0.479. The first kappa shape index (κ1) is 12.1. The van der Waals surface area contributed by atoms with Gasteiger partial charge in [-0.05, 0) is 0 Å². The van der Waals surface area contributed by atoms with E-state index in [1.165, 1.54) is 4.90 Å². The zero-order valence-corrected chi connectivity index (χ0v) is 8.61. The molecule has 4 nitrogen and oxygen atoms in total. The summed E-state index contributed by atoms with van der Waals surface area (Å²) in [6.07, 6.45) is 0.987. The third-order valence-electron chi connectivity index (χ3n) is 2.10. The van der Waals surface area contributed by atoms with E-state index in [2.05, 4.69) is 4.98 Å². The van der Waals surface area contributed by atoms with Crippen molar-refractivity contribution < 1.29 is 13.9 Å². The quantitative estimate of drug-likeness (QED) is 0.756. The van der Waals surface area contributed by atoms with Crippen molar-refractivity contribution in [2.45, 2.75) is 13.0 Å². The molecule has 0 radical (unpaired) electrons. The number of nitrogens with zero attached hydrogens (tertiary/aromatic N) is 3. The molecule has 0 atom stereocenters. The first-order valence-electron chi connectivity index (χ1n) is 4.71. The summed E-state index contributed by atoms with van der Waals surface area (Å²) in [7, 11) is 1.81. The molecule has 0 aliphatic carbocycles. The van der Waals surface area contributed by atoms with Crippen molar-refractivity contribution in [2.24, 2.45) is 7.05 Å². The van der Waals surface area contributed by atoms with Crippen LogP contribution in [0.1, 0.15) is 5.82 Å². The molecule has 0 aromatic carbocycles. The molecular weight excluding hydrogens is 204 g/mol. The van der Waals surface area contributed by atoms with Gasteiger partial charge in [-0.3, -0.25) is 4.90 Å². The second-order valence-electron chi connectivity index (χ2n) is 3.30. The zero-order chi connectivity index (χ0) is 11.3. The van der Waals surface area contributed by atoms with Crippen LogP contribution in [-0.4, -0.2) is 45.7 Å². The van der Waals surface area contributed by atoms with Crippen LogP contribution in [0.15, 0.2) is 12.4 Å². The van der Waals surface area contributed by atoms with Gasteiger partial charge in [-0.15, -0.1) is 0 Å². The van der Waals surface area contributed by atoms with E-state index < -0.39 is 6.43 Å². The van der Waals surface area contributed by atoms with Gasteiger partial charge in [0.05, 0.1) is 19.7 Å². The van der Waals surface area contributed by atoms with Crippen LogP contribution in [-0.2, 0) is 13.6 Å². The number of alkyl halides is 2. The molecule has 1 N–H and O–H groups in total. The molecule has 1 rings (SSSR count). The number of halogens is 2. The summed E-state index contributed by atoms with van der Waals surface area (Å²) >= 11 is 0. The molecule has 0 saturated carbocycles. The van der Waals surface area contributed by atoms with Crippen LogP contribution in [0.5, 0.6) is 0 Å². The minimum atomic E-state index is -2.39. The highest BCUT2D eigenvalue weighted by atomic mass is 19.3. The molecule has 1 aromatic heterocycles. The fraction of sp³-hybridized carbons (Fsp3) is 0.667. The summed E-state index contributed by atoms with van der Waals surface area (Å²) in [5, 5.41) is 8.73. The van der Waals surface area contributed by atoms with Gasteiger partial charge in [-0.2, -0.15) is 0 Å². The maximum absolute atomic E-state index is 12.2. The highest BCUT2D eigenvalue weighted by Gasteiger charge is 2.13. The van der Waals surface area contributed by atoms with Crippen LogP contribution < -0.4 is 0 Å². The fourth-order valence-electron chi connectivity index (χ4n) is 1.32. The van der Waals surface area contributed by atoms with Crippen molar-refractivity contribution in [3.63, 3.8) is 0 Å². The summed E-state index contributed by atoms with van der Waals surface area (Å²) in [6.45, 7) is 0.0934. The van der Waals surface area contributed by atoms with Crippen LogP contribution in [0.2, 0.25) is 0 Å². The van der Waals surface area contributed by atoms with Crippen molar-refractivity contribution in [1.82, 2.24) is 14.5 Å². The van der Waals surface area contributed by atoms with Crippen molar-refractivity contribution in [1.29, 1.82) is 0 Å². The monoisotopic (exact) mass is 219 g/mol. The van der Waals surface area contributed by atoms with Gasteiger partial charge in [0.15, 0.2) is 0 Å². The lowest BCUT2D eigenvalue weighted by Gasteiger charge is -2.20. The minimum absolute atomic E-state index is 0.128. The summed E-state index contributed by atoms with van der Waals surface area (Å²) in [5.74, 6) is 0.712. The lowest BCUT2D eigenvalue weighted by atomic mass is 10.4. The Morgan fingerprint density at radius 3 is 2.80 bits per heavy atom. The van der Waals surface area contributed by atoms with Crippen molar-refractivity contribution in [3.8, 4) is 0 Å². The highest BCUT2D eigenvalue weighted by Crippen LogP contribution is 2.04. The molecule has 0 bridgehead atoms. The van der Waals surface area contributed by atoms with E-state index in [4.69, 9.17) is 5.11 Å². The van der Waals surface area contributed by atoms with Crippen LogP contribution >= 0.6 is 0 Å². The molecule has 15 heavy (non-hydrogen) atoms. The van der Waals surface area contributed by atoms with Crippen molar-refractivity contribution >= 4 is 0 Å². The van der Waals surface area contributed by atoms with E-state index >= 15 is 0 Å². The van der Waals surface area contributed by atoms with E-state index in [0.717, 1.165) is 0 Å². The first-order chi connectivity index (χ1) is 7.13.